The molecule has 1 aromatic carbocycles. The Kier molecular flexibility index (Phi) is 3.15. The van der Waals surface area contributed by atoms with Crippen LogP contribution in [0.3, 0.4) is 0 Å². The Bertz CT molecular complexity index is 544. The molecule has 5 heteroatoms. The molecule has 1 aliphatic heterocycles. The third kappa shape index (κ3) is 1.63. The average molecular weight is 388 g/mol. The number of fused-ring (bicyclic) bond motifs is 1. The van der Waals surface area contributed by atoms with Crippen molar-refractivity contribution in [2.75, 3.05) is 6.61 Å². The Balaban J connectivity index is 1.99. The maximum atomic E-state index is 12.3. The van der Waals surface area contributed by atoms with Crippen LogP contribution < -0.4 is 0 Å². The first-order chi connectivity index (χ1) is 9.39. The van der Waals surface area contributed by atoms with Gasteiger partial charge < -0.3 is 14.6 Å². The second kappa shape index (κ2) is 4.42. The molecular weight excluding hydrogens is 371 g/mol. The van der Waals surface area contributed by atoms with Crippen molar-refractivity contribution in [3.05, 3.63) is 35.9 Å². The van der Waals surface area contributed by atoms with Gasteiger partial charge in [0.15, 0.2) is 5.79 Å². The molecule has 20 heavy (non-hydrogen) atoms. The number of rotatable bonds is 3. The Labute approximate surface area is 131 Å². The van der Waals surface area contributed by atoms with E-state index >= 15 is 0 Å². The number of aliphatic hydroxyl groups is 1. The van der Waals surface area contributed by atoms with Gasteiger partial charge in [0.2, 0.25) is 0 Å². The van der Waals surface area contributed by atoms with Crippen molar-refractivity contribution in [2.24, 2.45) is 5.41 Å². The van der Waals surface area contributed by atoms with Gasteiger partial charge in [0.05, 0.1) is 10.0 Å². The van der Waals surface area contributed by atoms with E-state index in [1.165, 1.54) is 0 Å². The minimum atomic E-state index is -1.50. The molecule has 0 bridgehead atoms. The third-order valence-corrected chi connectivity index (χ3v) is 6.26. The highest BCUT2D eigenvalue weighted by Crippen LogP contribution is 2.79. The van der Waals surface area contributed by atoms with E-state index in [4.69, 9.17) is 9.47 Å². The number of alkyl halides is 1. The van der Waals surface area contributed by atoms with Gasteiger partial charge in [-0.25, -0.2) is 0 Å². The minimum Gasteiger partial charge on any atom is -0.465 e. The van der Waals surface area contributed by atoms with E-state index in [1.807, 2.05) is 30.3 Å². The maximum Gasteiger partial charge on any atom is 0.319 e. The van der Waals surface area contributed by atoms with Gasteiger partial charge in [0.25, 0.3) is 0 Å². The lowest BCUT2D eigenvalue weighted by Gasteiger charge is -2.27. The van der Waals surface area contributed by atoms with Crippen LogP contribution in [0.1, 0.15) is 31.9 Å². The molecule has 3 rings (SSSR count). The molecule has 2 fully saturated rings. The van der Waals surface area contributed by atoms with Gasteiger partial charge in [-0.3, -0.25) is 4.79 Å². The molecule has 1 heterocycles. The van der Waals surface area contributed by atoms with E-state index in [0.717, 1.165) is 5.56 Å². The van der Waals surface area contributed by atoms with Crippen LogP contribution in [0.4, 0.5) is 0 Å². The SMILES string of the molecule is CCOC(=O)[C@@]12C[C@]1(I)[C@H](c1ccccc1)O[C@@]2(C)O. The lowest BCUT2D eigenvalue weighted by molar-refractivity contribution is -0.229. The van der Waals surface area contributed by atoms with Gasteiger partial charge in [-0.05, 0) is 25.8 Å². The van der Waals surface area contributed by atoms with Crippen molar-refractivity contribution < 1.29 is 19.4 Å². The summed E-state index contributed by atoms with van der Waals surface area (Å²) in [5.74, 6) is -1.86. The van der Waals surface area contributed by atoms with Crippen molar-refractivity contribution in [1.82, 2.24) is 0 Å². The first-order valence-electron chi connectivity index (χ1n) is 6.70. The Hall–Kier alpha value is -0.660. The molecular formula is C15H17IO4. The molecule has 4 nitrogen and oxygen atoms in total. The minimum absolute atomic E-state index is 0.302. The number of hydrogen-bond donors (Lipinski definition) is 1. The van der Waals surface area contributed by atoms with E-state index in [1.54, 1.807) is 13.8 Å². The Morgan fingerprint density at radius 3 is 2.70 bits per heavy atom. The van der Waals surface area contributed by atoms with Gasteiger partial charge in [-0.2, -0.15) is 0 Å². The van der Waals surface area contributed by atoms with Crippen molar-refractivity contribution in [2.45, 2.75) is 35.6 Å². The first-order valence-corrected chi connectivity index (χ1v) is 7.78. The standard InChI is InChI=1S/C15H17IO4/c1-3-19-12(17)14-9-15(14,16)11(20-13(14,2)18)10-7-5-4-6-8-10/h4-8,11,18H,3,9H2,1-2H3/t11-,13+,14+,15-/m0/s1. The van der Waals surface area contributed by atoms with E-state index in [9.17, 15) is 9.90 Å². The molecule has 0 radical (unpaired) electrons. The summed E-state index contributed by atoms with van der Waals surface area (Å²) in [5.41, 5.74) is 0.0164. The van der Waals surface area contributed by atoms with E-state index in [2.05, 4.69) is 22.6 Å². The molecule has 1 saturated carbocycles. The van der Waals surface area contributed by atoms with Crippen LogP contribution in [0.15, 0.2) is 30.3 Å². The van der Waals surface area contributed by atoms with Crippen LogP contribution in [0, 0.1) is 5.41 Å². The predicted octanol–water partition coefficient (Wildman–Crippen LogP) is 2.59. The number of hydrogen-bond acceptors (Lipinski definition) is 4. The molecule has 4 atom stereocenters. The molecule has 1 saturated heterocycles. The predicted molar refractivity (Wildman–Crippen MR) is 81.3 cm³/mol. The van der Waals surface area contributed by atoms with Crippen LogP contribution in [0.2, 0.25) is 0 Å². The largest absolute Gasteiger partial charge is 0.465 e. The van der Waals surface area contributed by atoms with Gasteiger partial charge in [0, 0.05) is 0 Å². The number of carbonyl (C=O) groups excluding carboxylic acids is 1. The number of esters is 1. The summed E-state index contributed by atoms with van der Waals surface area (Å²) in [6.45, 7) is 3.64. The average Bonchev–Trinajstić information content (AvgIpc) is 3.02. The topological polar surface area (TPSA) is 55.8 Å². The highest BCUT2D eigenvalue weighted by Gasteiger charge is 2.87. The second-order valence-electron chi connectivity index (χ2n) is 5.56. The van der Waals surface area contributed by atoms with Crippen LogP contribution in [-0.2, 0) is 14.3 Å². The fourth-order valence-corrected chi connectivity index (χ4v) is 5.06. The van der Waals surface area contributed by atoms with Crippen molar-refractivity contribution in [3.63, 3.8) is 0 Å². The second-order valence-corrected chi connectivity index (χ2v) is 7.48. The van der Waals surface area contributed by atoms with E-state index in [0.29, 0.717) is 13.0 Å². The quantitative estimate of drug-likeness (QED) is 0.492. The number of halogens is 1. The summed E-state index contributed by atoms with van der Waals surface area (Å²) in [7, 11) is 0. The number of carbonyl (C=O) groups is 1. The summed E-state index contributed by atoms with van der Waals surface area (Å²) in [4.78, 5) is 12.3. The van der Waals surface area contributed by atoms with Crippen LogP contribution in [0.25, 0.3) is 0 Å². The van der Waals surface area contributed by atoms with E-state index in [-0.39, 0.29) is 12.1 Å². The van der Waals surface area contributed by atoms with Gasteiger partial charge in [0.1, 0.15) is 11.5 Å². The van der Waals surface area contributed by atoms with Gasteiger partial charge in [-0.1, -0.05) is 52.9 Å². The zero-order valence-corrected chi connectivity index (χ0v) is 13.6. The molecule has 0 aromatic heterocycles. The zero-order valence-electron chi connectivity index (χ0n) is 11.4. The monoisotopic (exact) mass is 388 g/mol. The van der Waals surface area contributed by atoms with Crippen molar-refractivity contribution >= 4 is 28.6 Å². The van der Waals surface area contributed by atoms with Crippen LogP contribution in [0.5, 0.6) is 0 Å². The summed E-state index contributed by atoms with van der Waals surface area (Å²) in [6.07, 6.45) is 0.273. The lowest BCUT2D eigenvalue weighted by Crippen LogP contribution is -2.43. The Morgan fingerprint density at radius 1 is 1.50 bits per heavy atom. The summed E-state index contributed by atoms with van der Waals surface area (Å²) in [6, 6.07) is 9.71. The smallest absolute Gasteiger partial charge is 0.319 e. The van der Waals surface area contributed by atoms with Crippen LogP contribution in [-0.4, -0.2) is 26.9 Å². The fraction of sp³-hybridized carbons (Fsp3) is 0.533. The van der Waals surface area contributed by atoms with E-state index < -0.39 is 14.6 Å². The fourth-order valence-electron chi connectivity index (χ4n) is 3.28. The van der Waals surface area contributed by atoms with Gasteiger partial charge in [-0.15, -0.1) is 0 Å². The number of benzene rings is 1. The molecule has 0 unspecified atom stereocenters. The van der Waals surface area contributed by atoms with Crippen molar-refractivity contribution in [3.8, 4) is 0 Å². The first kappa shape index (κ1) is 14.3. The molecule has 1 aliphatic carbocycles. The molecule has 108 valence electrons. The lowest BCUT2D eigenvalue weighted by atomic mass is 9.94. The maximum absolute atomic E-state index is 12.3. The molecule has 0 amide bonds. The highest BCUT2D eigenvalue weighted by atomic mass is 127. The summed E-state index contributed by atoms with van der Waals surface area (Å²) < 4.78 is 10.5. The van der Waals surface area contributed by atoms with Crippen molar-refractivity contribution in [1.29, 1.82) is 0 Å². The Morgan fingerprint density at radius 2 is 2.15 bits per heavy atom. The molecule has 0 spiro atoms. The number of ether oxygens (including phenoxy) is 2. The molecule has 1 N–H and O–H groups in total. The third-order valence-electron chi connectivity index (χ3n) is 4.39. The highest BCUT2D eigenvalue weighted by molar-refractivity contribution is 14.1. The van der Waals surface area contributed by atoms with Gasteiger partial charge >= 0.3 is 5.97 Å². The summed E-state index contributed by atoms with van der Waals surface area (Å²) in [5, 5.41) is 10.6. The molecule has 1 aromatic rings. The van der Waals surface area contributed by atoms with Crippen LogP contribution >= 0.6 is 22.6 Å². The zero-order chi connectivity index (χ0) is 14.6. The summed E-state index contributed by atoms with van der Waals surface area (Å²) >= 11 is 2.25. The molecule has 2 aliphatic rings. The normalized spacial score (nSPS) is 42.1.